The summed E-state index contributed by atoms with van der Waals surface area (Å²) in [7, 11) is 0. The summed E-state index contributed by atoms with van der Waals surface area (Å²) < 4.78 is 1.67. The Labute approximate surface area is 165 Å². The van der Waals surface area contributed by atoms with Gasteiger partial charge in [-0.3, -0.25) is 9.59 Å². The number of hydrogen-bond donors (Lipinski definition) is 1. The van der Waals surface area contributed by atoms with Crippen LogP contribution < -0.4 is 5.32 Å². The third kappa shape index (κ3) is 3.54. The van der Waals surface area contributed by atoms with E-state index in [1.807, 2.05) is 24.3 Å². The second-order valence-corrected chi connectivity index (χ2v) is 6.95. The molecule has 0 unspecified atom stereocenters. The molecule has 4 rings (SSSR count). The van der Waals surface area contributed by atoms with Gasteiger partial charge in [-0.05, 0) is 42.5 Å². The zero-order chi connectivity index (χ0) is 19.0. The summed E-state index contributed by atoms with van der Waals surface area (Å²) >= 11 is 12.1. The molecule has 136 valence electrons. The maximum atomic E-state index is 12.8. The Bertz CT molecular complexity index is 1030. The molecule has 0 atom stereocenters. The summed E-state index contributed by atoms with van der Waals surface area (Å²) in [5.74, 6) is -0.500. The van der Waals surface area contributed by atoms with Crippen molar-refractivity contribution in [2.24, 2.45) is 0 Å². The highest BCUT2D eigenvalue weighted by Gasteiger charge is 2.27. The van der Waals surface area contributed by atoms with Crippen LogP contribution in [0.5, 0.6) is 0 Å². The molecule has 1 saturated heterocycles. The van der Waals surface area contributed by atoms with Crippen molar-refractivity contribution in [3.8, 4) is 16.9 Å². The monoisotopic (exact) mass is 400 g/mol. The molecule has 1 fully saturated rings. The lowest BCUT2D eigenvalue weighted by Crippen LogP contribution is -2.30. The minimum absolute atomic E-state index is 0.0269. The van der Waals surface area contributed by atoms with Gasteiger partial charge < -0.3 is 10.2 Å². The number of aromatic nitrogens is 2. The zero-order valence-corrected chi connectivity index (χ0v) is 15.5. The fourth-order valence-electron chi connectivity index (χ4n) is 2.89. The first-order chi connectivity index (χ1) is 13.0. The highest BCUT2D eigenvalue weighted by molar-refractivity contribution is 6.31. The predicted octanol–water partition coefficient (Wildman–Crippen LogP) is 3.38. The van der Waals surface area contributed by atoms with Gasteiger partial charge in [0.2, 0.25) is 5.91 Å². The van der Waals surface area contributed by atoms with Crippen molar-refractivity contribution in [2.75, 3.05) is 13.2 Å². The number of nitrogens with zero attached hydrogens (tertiary/aromatic N) is 3. The molecule has 1 aliphatic rings. The Hall–Kier alpha value is -2.83. The Morgan fingerprint density at radius 2 is 1.81 bits per heavy atom. The molecule has 0 spiro atoms. The number of rotatable bonds is 3. The summed E-state index contributed by atoms with van der Waals surface area (Å²) in [6.07, 6.45) is 0. The van der Waals surface area contributed by atoms with Gasteiger partial charge in [-0.25, -0.2) is 4.68 Å². The van der Waals surface area contributed by atoms with Crippen molar-refractivity contribution in [1.29, 1.82) is 0 Å². The van der Waals surface area contributed by atoms with Gasteiger partial charge in [0.15, 0.2) is 5.69 Å². The highest BCUT2D eigenvalue weighted by atomic mass is 35.5. The molecule has 6 nitrogen and oxygen atoms in total. The average Bonchev–Trinajstić information content (AvgIpc) is 3.28. The molecule has 0 aliphatic carbocycles. The van der Waals surface area contributed by atoms with E-state index < -0.39 is 0 Å². The second kappa shape index (κ2) is 7.06. The maximum Gasteiger partial charge on any atom is 0.276 e. The number of hydrogen-bond acceptors (Lipinski definition) is 3. The molecule has 2 aromatic carbocycles. The number of amides is 2. The van der Waals surface area contributed by atoms with Crippen LogP contribution in [-0.2, 0) is 4.79 Å². The second-order valence-electron chi connectivity index (χ2n) is 6.07. The van der Waals surface area contributed by atoms with E-state index >= 15 is 0 Å². The minimum atomic E-state index is -0.315. The zero-order valence-electron chi connectivity index (χ0n) is 14.0. The van der Waals surface area contributed by atoms with Gasteiger partial charge >= 0.3 is 0 Å². The SMILES string of the molecule is O=C1CN(C(=O)c2cc(-c3cccc(Cl)c3)n(-c3ccc(Cl)cc3)n2)CN1. The van der Waals surface area contributed by atoms with Gasteiger partial charge in [0.25, 0.3) is 5.91 Å². The minimum Gasteiger partial charge on any atom is -0.337 e. The normalized spacial score (nSPS) is 13.7. The third-order valence-electron chi connectivity index (χ3n) is 4.21. The summed E-state index contributed by atoms with van der Waals surface area (Å²) in [5.41, 5.74) is 2.53. The Morgan fingerprint density at radius 3 is 2.48 bits per heavy atom. The van der Waals surface area contributed by atoms with E-state index in [4.69, 9.17) is 23.2 Å². The quantitative estimate of drug-likeness (QED) is 0.732. The average molecular weight is 401 g/mol. The number of nitrogens with one attached hydrogen (secondary N) is 1. The lowest BCUT2D eigenvalue weighted by Gasteiger charge is -2.10. The van der Waals surface area contributed by atoms with Crippen LogP contribution in [0.2, 0.25) is 10.0 Å². The van der Waals surface area contributed by atoms with Crippen LogP contribution in [0.15, 0.2) is 54.6 Å². The van der Waals surface area contributed by atoms with Crippen molar-refractivity contribution in [3.05, 3.63) is 70.3 Å². The van der Waals surface area contributed by atoms with Crippen LogP contribution in [0.4, 0.5) is 0 Å². The summed E-state index contributed by atoms with van der Waals surface area (Å²) in [6, 6.07) is 16.2. The molecule has 27 heavy (non-hydrogen) atoms. The molecule has 1 aliphatic heterocycles. The van der Waals surface area contributed by atoms with Gasteiger partial charge in [-0.1, -0.05) is 35.3 Å². The van der Waals surface area contributed by atoms with E-state index in [1.54, 1.807) is 35.0 Å². The summed E-state index contributed by atoms with van der Waals surface area (Å²) in [5, 5.41) is 8.29. The summed E-state index contributed by atoms with van der Waals surface area (Å²) in [6.45, 7) is 0.205. The number of benzene rings is 2. The molecular formula is C19H14Cl2N4O2. The van der Waals surface area contributed by atoms with Crippen molar-refractivity contribution in [2.45, 2.75) is 0 Å². The van der Waals surface area contributed by atoms with E-state index in [0.717, 1.165) is 11.3 Å². The number of halogens is 2. The van der Waals surface area contributed by atoms with Crippen molar-refractivity contribution >= 4 is 35.0 Å². The Kier molecular flexibility index (Phi) is 4.59. The third-order valence-corrected chi connectivity index (χ3v) is 4.70. The van der Waals surface area contributed by atoms with Crippen LogP contribution in [0.25, 0.3) is 16.9 Å². The largest absolute Gasteiger partial charge is 0.337 e. The highest BCUT2D eigenvalue weighted by Crippen LogP contribution is 2.27. The van der Waals surface area contributed by atoms with Crippen molar-refractivity contribution in [1.82, 2.24) is 20.0 Å². The van der Waals surface area contributed by atoms with Gasteiger partial charge in [0, 0.05) is 15.6 Å². The first kappa shape index (κ1) is 17.6. The van der Waals surface area contributed by atoms with Crippen molar-refractivity contribution < 1.29 is 9.59 Å². The molecular weight excluding hydrogens is 387 g/mol. The topological polar surface area (TPSA) is 67.2 Å². The molecule has 1 aromatic heterocycles. The number of carbonyl (C=O) groups is 2. The molecule has 0 radical (unpaired) electrons. The first-order valence-electron chi connectivity index (χ1n) is 8.19. The van der Waals surface area contributed by atoms with E-state index in [-0.39, 0.29) is 30.7 Å². The molecule has 3 aromatic rings. The van der Waals surface area contributed by atoms with Gasteiger partial charge in [0.1, 0.15) is 6.54 Å². The van der Waals surface area contributed by atoms with Crippen molar-refractivity contribution in [3.63, 3.8) is 0 Å². The fraction of sp³-hybridized carbons (Fsp3) is 0.105. The smallest absolute Gasteiger partial charge is 0.276 e. The molecule has 0 bridgehead atoms. The predicted molar refractivity (Wildman–Crippen MR) is 103 cm³/mol. The summed E-state index contributed by atoms with van der Waals surface area (Å²) in [4.78, 5) is 25.6. The number of carbonyl (C=O) groups excluding carboxylic acids is 2. The standard InChI is InChI=1S/C19H14Cl2N4O2/c20-13-4-6-15(7-5-13)25-17(12-2-1-3-14(21)8-12)9-16(23-25)19(27)24-10-18(26)22-11-24/h1-9H,10-11H2,(H,22,26). The van der Waals surface area contributed by atoms with Gasteiger partial charge in [-0.2, -0.15) is 5.10 Å². The van der Waals surface area contributed by atoms with Crippen LogP contribution in [0, 0.1) is 0 Å². The lowest BCUT2D eigenvalue weighted by atomic mass is 10.1. The molecule has 8 heteroatoms. The van der Waals surface area contributed by atoms with Gasteiger partial charge in [0.05, 0.1) is 18.1 Å². The molecule has 0 saturated carbocycles. The Balaban J connectivity index is 1.80. The molecule has 1 N–H and O–H groups in total. The van der Waals surface area contributed by atoms with E-state index in [0.29, 0.717) is 15.7 Å². The van der Waals surface area contributed by atoms with Gasteiger partial charge in [-0.15, -0.1) is 0 Å². The van der Waals surface area contributed by atoms with E-state index in [1.165, 1.54) is 4.90 Å². The van der Waals surface area contributed by atoms with E-state index in [2.05, 4.69) is 10.4 Å². The lowest BCUT2D eigenvalue weighted by molar-refractivity contribution is -0.118. The van der Waals surface area contributed by atoms with Crippen LogP contribution in [0.1, 0.15) is 10.5 Å². The van der Waals surface area contributed by atoms with Crippen LogP contribution in [-0.4, -0.2) is 39.7 Å². The first-order valence-corrected chi connectivity index (χ1v) is 8.95. The molecule has 2 amide bonds. The molecule has 2 heterocycles. The maximum absolute atomic E-state index is 12.8. The van der Waals surface area contributed by atoms with Crippen LogP contribution >= 0.6 is 23.2 Å². The Morgan fingerprint density at radius 1 is 1.04 bits per heavy atom. The fourth-order valence-corrected chi connectivity index (χ4v) is 3.21. The van der Waals surface area contributed by atoms with Crippen LogP contribution in [0.3, 0.4) is 0 Å². The van der Waals surface area contributed by atoms with E-state index in [9.17, 15) is 9.59 Å².